The normalized spacial score (nSPS) is 13.4. The first-order chi connectivity index (χ1) is 6.02. The minimum absolute atomic E-state index is 0.138. The third-order valence-electron chi connectivity index (χ3n) is 1.62. The van der Waals surface area contributed by atoms with Crippen molar-refractivity contribution in [3.8, 4) is 0 Å². The molecule has 0 saturated carbocycles. The fraction of sp³-hybridized carbons (Fsp3) is 0.500. The van der Waals surface area contributed by atoms with Crippen molar-refractivity contribution in [1.29, 1.82) is 5.41 Å². The summed E-state index contributed by atoms with van der Waals surface area (Å²) < 4.78 is 5.00. The molecular weight excluding hydrogens is 186 g/mol. The van der Waals surface area contributed by atoms with Crippen LogP contribution in [-0.2, 0) is 4.74 Å². The van der Waals surface area contributed by atoms with Crippen LogP contribution in [0.25, 0.3) is 0 Å². The lowest BCUT2D eigenvalue weighted by Crippen LogP contribution is -2.05. The Kier molecular flexibility index (Phi) is 5.47. The molecule has 0 heterocycles. The Labute approximate surface area is 84.7 Å². The largest absolute Gasteiger partial charge is 0.497 e. The molecule has 0 unspecified atom stereocenters. The maximum atomic E-state index is 7.61. The molecule has 0 rings (SSSR count). The monoisotopic (exact) mass is 201 g/mol. The summed E-state index contributed by atoms with van der Waals surface area (Å²) >= 11 is 5.89. The number of methoxy groups -OCH3 is 1. The third kappa shape index (κ3) is 4.13. The van der Waals surface area contributed by atoms with Gasteiger partial charge in [-0.3, -0.25) is 0 Å². The highest BCUT2D eigenvalue weighted by atomic mass is 35.5. The molecule has 2 nitrogen and oxygen atoms in total. The fourth-order valence-electron chi connectivity index (χ4n) is 0.739. The van der Waals surface area contributed by atoms with Gasteiger partial charge in [-0.05, 0) is 18.9 Å². The third-order valence-corrected chi connectivity index (χ3v) is 1.94. The lowest BCUT2D eigenvalue weighted by Gasteiger charge is -2.06. The molecule has 0 bridgehead atoms. The van der Waals surface area contributed by atoms with Crippen LogP contribution in [0.2, 0.25) is 0 Å². The molecular formula is C10H16ClNO. The molecule has 74 valence electrons. The van der Waals surface area contributed by atoms with Crippen molar-refractivity contribution in [2.24, 2.45) is 5.92 Å². The van der Waals surface area contributed by atoms with Crippen molar-refractivity contribution in [2.75, 3.05) is 7.11 Å². The summed E-state index contributed by atoms with van der Waals surface area (Å²) in [5, 5.41) is 8.05. The first-order valence-electron chi connectivity index (χ1n) is 4.19. The predicted molar refractivity (Wildman–Crippen MR) is 57.3 cm³/mol. The van der Waals surface area contributed by atoms with Crippen LogP contribution in [-0.4, -0.2) is 12.8 Å². The minimum Gasteiger partial charge on any atom is -0.497 e. The van der Waals surface area contributed by atoms with E-state index in [2.05, 4.69) is 0 Å². The molecule has 0 aliphatic rings. The van der Waals surface area contributed by atoms with Gasteiger partial charge in [-0.1, -0.05) is 25.4 Å². The Hall–Kier alpha value is -0.760. The SMILES string of the molecule is C/C=C(\C=C(\Cl)C(=N)C(C)C)OC. The highest BCUT2D eigenvalue weighted by molar-refractivity contribution is 6.43. The molecule has 0 aromatic heterocycles. The van der Waals surface area contributed by atoms with Crippen LogP contribution in [0.4, 0.5) is 0 Å². The highest BCUT2D eigenvalue weighted by Crippen LogP contribution is 2.13. The number of hydrogen-bond donors (Lipinski definition) is 1. The summed E-state index contributed by atoms with van der Waals surface area (Å²) in [6.45, 7) is 5.72. The van der Waals surface area contributed by atoms with Crippen LogP contribution in [0.15, 0.2) is 22.9 Å². The van der Waals surface area contributed by atoms with Crippen molar-refractivity contribution >= 4 is 17.3 Å². The Morgan fingerprint density at radius 3 is 2.31 bits per heavy atom. The second-order valence-electron chi connectivity index (χ2n) is 2.96. The maximum absolute atomic E-state index is 7.61. The molecule has 0 amide bonds. The lowest BCUT2D eigenvalue weighted by atomic mass is 10.1. The number of ether oxygens (including phenoxy) is 1. The Bertz CT molecular complexity index is 241. The van der Waals surface area contributed by atoms with E-state index in [0.717, 1.165) is 0 Å². The number of rotatable bonds is 4. The molecule has 0 fully saturated rings. The molecule has 0 saturated heterocycles. The van der Waals surface area contributed by atoms with E-state index in [1.54, 1.807) is 19.3 Å². The molecule has 0 spiro atoms. The van der Waals surface area contributed by atoms with Gasteiger partial charge in [0, 0.05) is 6.08 Å². The lowest BCUT2D eigenvalue weighted by molar-refractivity contribution is 0.306. The van der Waals surface area contributed by atoms with Crippen LogP contribution in [0.1, 0.15) is 20.8 Å². The van der Waals surface area contributed by atoms with Crippen molar-refractivity contribution in [3.63, 3.8) is 0 Å². The van der Waals surface area contributed by atoms with Gasteiger partial charge in [0.2, 0.25) is 0 Å². The summed E-state index contributed by atoms with van der Waals surface area (Å²) in [6, 6.07) is 0. The summed E-state index contributed by atoms with van der Waals surface area (Å²) in [7, 11) is 1.58. The van der Waals surface area contributed by atoms with Gasteiger partial charge in [-0.2, -0.15) is 0 Å². The van der Waals surface area contributed by atoms with Gasteiger partial charge in [-0.15, -0.1) is 0 Å². The zero-order valence-electron chi connectivity index (χ0n) is 8.52. The second kappa shape index (κ2) is 5.81. The second-order valence-corrected chi connectivity index (χ2v) is 3.36. The standard InChI is InChI=1S/C10H16ClNO/c1-5-8(13-4)6-9(11)10(12)7(2)3/h5-7,12H,1-4H3/b8-5+,9-6+,12-10?. The minimum atomic E-state index is 0.138. The molecule has 3 heteroatoms. The van der Waals surface area contributed by atoms with E-state index < -0.39 is 0 Å². The molecule has 0 aromatic rings. The van der Waals surface area contributed by atoms with Crippen LogP contribution < -0.4 is 0 Å². The van der Waals surface area contributed by atoms with Crippen molar-refractivity contribution in [3.05, 3.63) is 22.9 Å². The van der Waals surface area contributed by atoms with E-state index in [4.69, 9.17) is 21.7 Å². The summed E-state index contributed by atoms with van der Waals surface area (Å²) in [4.78, 5) is 0. The van der Waals surface area contributed by atoms with Gasteiger partial charge in [0.25, 0.3) is 0 Å². The number of hydrogen-bond acceptors (Lipinski definition) is 2. The molecule has 0 radical (unpaired) electrons. The van der Waals surface area contributed by atoms with Crippen LogP contribution in [0, 0.1) is 11.3 Å². The van der Waals surface area contributed by atoms with Gasteiger partial charge in [0.1, 0.15) is 5.76 Å². The number of allylic oxidation sites excluding steroid dienone is 3. The van der Waals surface area contributed by atoms with E-state index in [0.29, 0.717) is 16.5 Å². The number of halogens is 1. The predicted octanol–water partition coefficient (Wildman–Crippen LogP) is 3.34. The van der Waals surface area contributed by atoms with Crippen molar-refractivity contribution in [2.45, 2.75) is 20.8 Å². The van der Waals surface area contributed by atoms with E-state index in [1.807, 2.05) is 20.8 Å². The molecule has 1 N–H and O–H groups in total. The van der Waals surface area contributed by atoms with Gasteiger partial charge in [0.05, 0.1) is 17.9 Å². The molecule has 13 heavy (non-hydrogen) atoms. The Morgan fingerprint density at radius 2 is 2.00 bits per heavy atom. The summed E-state index contributed by atoms with van der Waals surface area (Å²) in [5.41, 5.74) is 0.429. The fourth-order valence-corrected chi connectivity index (χ4v) is 1.06. The summed E-state index contributed by atoms with van der Waals surface area (Å²) in [6.07, 6.45) is 3.46. The molecule has 0 aliphatic carbocycles. The van der Waals surface area contributed by atoms with E-state index in [-0.39, 0.29) is 5.92 Å². The number of nitrogens with one attached hydrogen (secondary N) is 1. The zero-order chi connectivity index (χ0) is 10.4. The van der Waals surface area contributed by atoms with Crippen LogP contribution in [0.5, 0.6) is 0 Å². The first-order valence-corrected chi connectivity index (χ1v) is 4.57. The van der Waals surface area contributed by atoms with Gasteiger partial charge >= 0.3 is 0 Å². The van der Waals surface area contributed by atoms with E-state index >= 15 is 0 Å². The van der Waals surface area contributed by atoms with E-state index in [1.165, 1.54) is 0 Å². The average Bonchev–Trinajstić information content (AvgIpc) is 2.12. The average molecular weight is 202 g/mol. The van der Waals surface area contributed by atoms with Crippen LogP contribution >= 0.6 is 11.6 Å². The molecule has 0 atom stereocenters. The smallest absolute Gasteiger partial charge is 0.116 e. The zero-order valence-corrected chi connectivity index (χ0v) is 9.27. The van der Waals surface area contributed by atoms with Crippen LogP contribution in [0.3, 0.4) is 0 Å². The summed E-state index contributed by atoms with van der Waals surface area (Å²) in [5.74, 6) is 0.814. The van der Waals surface area contributed by atoms with Gasteiger partial charge < -0.3 is 10.1 Å². The Balaban J connectivity index is 4.58. The first kappa shape index (κ1) is 12.2. The van der Waals surface area contributed by atoms with Gasteiger partial charge in [-0.25, -0.2) is 0 Å². The van der Waals surface area contributed by atoms with E-state index in [9.17, 15) is 0 Å². The Morgan fingerprint density at radius 1 is 1.46 bits per heavy atom. The maximum Gasteiger partial charge on any atom is 0.116 e. The topological polar surface area (TPSA) is 33.1 Å². The highest BCUT2D eigenvalue weighted by Gasteiger charge is 2.07. The van der Waals surface area contributed by atoms with Gasteiger partial charge in [0.15, 0.2) is 0 Å². The molecule has 0 aliphatic heterocycles. The quantitative estimate of drug-likeness (QED) is 0.423. The van der Waals surface area contributed by atoms with Crippen molar-refractivity contribution < 1.29 is 4.74 Å². The molecule has 0 aromatic carbocycles. The van der Waals surface area contributed by atoms with Crippen molar-refractivity contribution in [1.82, 2.24) is 0 Å².